The first-order valence-corrected chi connectivity index (χ1v) is 11.7. The number of aromatic nitrogens is 2. The van der Waals surface area contributed by atoms with Gasteiger partial charge < -0.3 is 25.0 Å². The molecule has 0 bridgehead atoms. The summed E-state index contributed by atoms with van der Waals surface area (Å²) in [7, 11) is 0. The van der Waals surface area contributed by atoms with Crippen molar-refractivity contribution in [3.63, 3.8) is 0 Å². The summed E-state index contributed by atoms with van der Waals surface area (Å²) in [5, 5.41) is 0. The van der Waals surface area contributed by atoms with Gasteiger partial charge >= 0.3 is 6.09 Å². The molecule has 8 nitrogen and oxygen atoms in total. The molecule has 3 heterocycles. The molecule has 4 rings (SSSR count). The molecule has 1 aromatic heterocycles. The maximum absolute atomic E-state index is 14.2. The monoisotopic (exact) mass is 475 g/mol. The van der Waals surface area contributed by atoms with Crippen molar-refractivity contribution in [3.05, 3.63) is 47.8 Å². The molecule has 2 atom stereocenters. The summed E-state index contributed by atoms with van der Waals surface area (Å²) in [5.74, 6) is 0.0675. The molecular formula is C24H31F2N5O3. The molecule has 34 heavy (non-hydrogen) atoms. The van der Waals surface area contributed by atoms with Crippen LogP contribution in [0.25, 0.3) is 0 Å². The van der Waals surface area contributed by atoms with Gasteiger partial charge in [-0.2, -0.15) is 0 Å². The van der Waals surface area contributed by atoms with E-state index in [4.69, 9.17) is 15.2 Å². The summed E-state index contributed by atoms with van der Waals surface area (Å²) in [6.45, 7) is 6.34. The number of benzene rings is 1. The van der Waals surface area contributed by atoms with E-state index in [0.29, 0.717) is 50.4 Å². The van der Waals surface area contributed by atoms with E-state index in [1.807, 2.05) is 18.7 Å². The van der Waals surface area contributed by atoms with Crippen LogP contribution in [0.15, 0.2) is 30.6 Å². The van der Waals surface area contributed by atoms with Gasteiger partial charge in [-0.25, -0.2) is 23.5 Å². The van der Waals surface area contributed by atoms with Gasteiger partial charge in [0, 0.05) is 38.1 Å². The van der Waals surface area contributed by atoms with E-state index >= 15 is 0 Å². The van der Waals surface area contributed by atoms with E-state index in [1.54, 1.807) is 17.3 Å². The summed E-state index contributed by atoms with van der Waals surface area (Å²) in [5.41, 5.74) is 6.50. The molecule has 0 aliphatic carbocycles. The fourth-order valence-corrected chi connectivity index (χ4v) is 4.44. The highest BCUT2D eigenvalue weighted by Crippen LogP contribution is 2.31. The number of nitrogens with zero attached hydrogens (tertiary/aromatic N) is 4. The first-order valence-electron chi connectivity index (χ1n) is 11.7. The lowest BCUT2D eigenvalue weighted by Crippen LogP contribution is -2.40. The number of halogens is 2. The predicted molar refractivity (Wildman–Crippen MR) is 123 cm³/mol. The minimum Gasteiger partial charge on any atom is -0.490 e. The lowest BCUT2D eigenvalue weighted by Gasteiger charge is -2.31. The van der Waals surface area contributed by atoms with Gasteiger partial charge in [-0.15, -0.1) is 0 Å². The normalized spacial score (nSPS) is 21.2. The molecule has 0 radical (unpaired) electrons. The Morgan fingerprint density at radius 1 is 1.18 bits per heavy atom. The Morgan fingerprint density at radius 3 is 2.56 bits per heavy atom. The van der Waals surface area contributed by atoms with Crippen molar-refractivity contribution in [1.29, 1.82) is 0 Å². The Labute approximate surface area is 198 Å². The molecule has 2 N–H and O–H groups in total. The number of carbonyl (C=O) groups excluding carboxylic acids is 1. The zero-order chi connectivity index (χ0) is 24.2. The number of amides is 1. The van der Waals surface area contributed by atoms with Crippen LogP contribution in [0, 0.1) is 17.6 Å². The molecule has 184 valence electrons. The second-order valence-corrected chi connectivity index (χ2v) is 9.23. The van der Waals surface area contributed by atoms with Crippen molar-refractivity contribution in [3.8, 4) is 5.75 Å². The van der Waals surface area contributed by atoms with Gasteiger partial charge in [0.1, 0.15) is 11.6 Å². The van der Waals surface area contributed by atoms with E-state index < -0.39 is 11.6 Å². The number of nitrogens with two attached hydrogens (primary N) is 1. The minimum atomic E-state index is -0.485. The third-order valence-electron chi connectivity index (χ3n) is 6.31. The number of anilines is 1. The average Bonchev–Trinajstić information content (AvgIpc) is 3.21. The lowest BCUT2D eigenvalue weighted by atomic mass is 9.94. The van der Waals surface area contributed by atoms with Gasteiger partial charge in [0.25, 0.3) is 0 Å². The number of likely N-dealkylation sites (tertiary alicyclic amines) is 1. The summed E-state index contributed by atoms with van der Waals surface area (Å²) >= 11 is 0. The van der Waals surface area contributed by atoms with Gasteiger partial charge in [0.2, 0.25) is 5.95 Å². The van der Waals surface area contributed by atoms with Crippen LogP contribution < -0.4 is 15.4 Å². The molecule has 0 saturated carbocycles. The molecule has 2 aliphatic heterocycles. The van der Waals surface area contributed by atoms with Gasteiger partial charge in [-0.1, -0.05) is 0 Å². The molecule has 10 heteroatoms. The molecule has 1 aromatic carbocycles. The highest BCUT2D eigenvalue weighted by Gasteiger charge is 2.34. The van der Waals surface area contributed by atoms with E-state index in [0.717, 1.165) is 25.0 Å². The van der Waals surface area contributed by atoms with Crippen LogP contribution >= 0.6 is 0 Å². The van der Waals surface area contributed by atoms with Gasteiger partial charge in [0.15, 0.2) is 5.75 Å². The van der Waals surface area contributed by atoms with E-state index in [9.17, 15) is 13.6 Å². The van der Waals surface area contributed by atoms with Crippen LogP contribution in [-0.4, -0.2) is 65.9 Å². The minimum absolute atomic E-state index is 0.124. The summed E-state index contributed by atoms with van der Waals surface area (Å²) in [6, 6.07) is 3.07. The van der Waals surface area contributed by atoms with Crippen LogP contribution in [0.2, 0.25) is 0 Å². The predicted octanol–water partition coefficient (Wildman–Crippen LogP) is 3.32. The Hall–Kier alpha value is -3.01. The summed E-state index contributed by atoms with van der Waals surface area (Å²) < 4.78 is 38.9. The maximum Gasteiger partial charge on any atom is 0.410 e. The van der Waals surface area contributed by atoms with Gasteiger partial charge in [-0.3, -0.25) is 0 Å². The first kappa shape index (κ1) is 24.1. The van der Waals surface area contributed by atoms with Crippen LogP contribution in [0.4, 0.5) is 19.5 Å². The third kappa shape index (κ3) is 5.72. The van der Waals surface area contributed by atoms with Crippen molar-refractivity contribution in [2.75, 3.05) is 37.7 Å². The lowest BCUT2D eigenvalue weighted by molar-refractivity contribution is 0.0608. The standard InChI is InChI=1S/C24H31F2N5O3/c1-15(2)34-24(32)30-7-5-16(6-8-30)14-33-18-10-28-23(29-11-18)31-12-20(22(27)13-31)19-9-17(25)3-4-21(19)26/h3-4,9-11,15-16,20,22H,5-8,12-14,27H2,1-2H3/t20-,22+/m1/s1. The Bertz CT molecular complexity index is 983. The first-order chi connectivity index (χ1) is 16.3. The largest absolute Gasteiger partial charge is 0.490 e. The number of hydrogen-bond acceptors (Lipinski definition) is 7. The molecule has 2 aliphatic rings. The second-order valence-electron chi connectivity index (χ2n) is 9.23. The second kappa shape index (κ2) is 10.5. The number of carbonyl (C=O) groups is 1. The zero-order valence-corrected chi connectivity index (χ0v) is 19.5. The third-order valence-corrected chi connectivity index (χ3v) is 6.31. The Kier molecular flexibility index (Phi) is 7.45. The fraction of sp³-hybridized carbons (Fsp3) is 0.542. The molecule has 0 unspecified atom stereocenters. The number of hydrogen-bond donors (Lipinski definition) is 1. The van der Waals surface area contributed by atoms with Gasteiger partial charge in [-0.05, 0) is 56.4 Å². The van der Waals surface area contributed by atoms with Crippen molar-refractivity contribution < 1.29 is 23.0 Å². The molecule has 2 aromatic rings. The number of ether oxygens (including phenoxy) is 2. The zero-order valence-electron chi connectivity index (χ0n) is 19.5. The topological polar surface area (TPSA) is 93.8 Å². The van der Waals surface area contributed by atoms with Crippen LogP contribution in [0.1, 0.15) is 38.2 Å². The van der Waals surface area contributed by atoms with Crippen molar-refractivity contribution in [2.45, 2.75) is 44.8 Å². The average molecular weight is 476 g/mol. The van der Waals surface area contributed by atoms with Crippen molar-refractivity contribution in [1.82, 2.24) is 14.9 Å². The smallest absolute Gasteiger partial charge is 0.410 e. The molecule has 0 spiro atoms. The quantitative estimate of drug-likeness (QED) is 0.685. The maximum atomic E-state index is 14.2. The van der Waals surface area contributed by atoms with Crippen LogP contribution in [-0.2, 0) is 4.74 Å². The van der Waals surface area contributed by atoms with Crippen LogP contribution in [0.5, 0.6) is 5.75 Å². The number of piperidine rings is 1. The molecule has 1 amide bonds. The summed E-state index contributed by atoms with van der Waals surface area (Å²) in [4.78, 5) is 24.4. The summed E-state index contributed by atoms with van der Waals surface area (Å²) in [6.07, 6.45) is 4.52. The van der Waals surface area contributed by atoms with E-state index in [-0.39, 0.29) is 29.7 Å². The van der Waals surface area contributed by atoms with Crippen LogP contribution in [0.3, 0.4) is 0 Å². The van der Waals surface area contributed by atoms with Gasteiger partial charge in [0.05, 0.1) is 25.1 Å². The van der Waals surface area contributed by atoms with Crippen molar-refractivity contribution >= 4 is 12.0 Å². The highest BCUT2D eigenvalue weighted by molar-refractivity contribution is 5.67. The molecular weight excluding hydrogens is 444 g/mol. The molecule has 2 fully saturated rings. The Morgan fingerprint density at radius 2 is 1.88 bits per heavy atom. The fourth-order valence-electron chi connectivity index (χ4n) is 4.44. The SMILES string of the molecule is CC(C)OC(=O)N1CCC(COc2cnc(N3C[C@H](c4cc(F)ccc4F)[C@@H](N)C3)nc2)CC1. The van der Waals surface area contributed by atoms with E-state index in [2.05, 4.69) is 9.97 Å². The van der Waals surface area contributed by atoms with Crippen molar-refractivity contribution in [2.24, 2.45) is 11.7 Å². The Balaban J connectivity index is 1.27. The highest BCUT2D eigenvalue weighted by atomic mass is 19.1. The number of rotatable bonds is 6. The molecule has 2 saturated heterocycles. The van der Waals surface area contributed by atoms with E-state index in [1.165, 1.54) is 6.07 Å².